The highest BCUT2D eigenvalue weighted by molar-refractivity contribution is 5.76. The predicted molar refractivity (Wildman–Crippen MR) is 79.1 cm³/mol. The first-order chi connectivity index (χ1) is 9.13. The van der Waals surface area contributed by atoms with E-state index in [9.17, 15) is 4.79 Å². The van der Waals surface area contributed by atoms with Crippen molar-refractivity contribution in [1.29, 1.82) is 0 Å². The molecule has 1 unspecified atom stereocenters. The summed E-state index contributed by atoms with van der Waals surface area (Å²) in [5.41, 5.74) is 0.474. The number of piperidine rings is 2. The van der Waals surface area contributed by atoms with E-state index in [1.807, 2.05) is 0 Å². The summed E-state index contributed by atoms with van der Waals surface area (Å²) in [5.74, 6) is 0.380. The molecule has 0 aromatic rings. The van der Waals surface area contributed by atoms with Crippen LogP contribution < -0.4 is 5.32 Å². The van der Waals surface area contributed by atoms with Crippen LogP contribution in [0.2, 0.25) is 0 Å². The molecule has 1 atom stereocenters. The Balaban J connectivity index is 1.69. The van der Waals surface area contributed by atoms with Crippen LogP contribution in [0.5, 0.6) is 0 Å². The highest BCUT2D eigenvalue weighted by Gasteiger charge is 2.30. The second kappa shape index (κ2) is 6.74. The number of nitrogens with one attached hydrogen (secondary N) is 1. The Morgan fingerprint density at radius 3 is 2.63 bits per heavy atom. The molecule has 0 aromatic carbocycles. The summed E-state index contributed by atoms with van der Waals surface area (Å²) >= 11 is 0. The number of carbonyl (C=O) groups is 1. The van der Waals surface area contributed by atoms with Gasteiger partial charge in [-0.05, 0) is 44.1 Å². The van der Waals surface area contributed by atoms with E-state index in [1.54, 1.807) is 0 Å². The van der Waals surface area contributed by atoms with Crippen LogP contribution >= 0.6 is 0 Å². The van der Waals surface area contributed by atoms with Crippen LogP contribution in [0.3, 0.4) is 0 Å². The van der Waals surface area contributed by atoms with Crippen LogP contribution in [0.4, 0.5) is 0 Å². The molecule has 1 N–H and O–H groups in total. The van der Waals surface area contributed by atoms with E-state index >= 15 is 0 Å². The monoisotopic (exact) mass is 266 g/mol. The molecule has 0 aliphatic carbocycles. The molecular formula is C16H30N2O. The van der Waals surface area contributed by atoms with Gasteiger partial charge in [0.2, 0.25) is 5.91 Å². The number of hydrogen-bond donors (Lipinski definition) is 1. The average Bonchev–Trinajstić information content (AvgIpc) is 2.47. The van der Waals surface area contributed by atoms with E-state index in [0.29, 0.717) is 17.4 Å². The van der Waals surface area contributed by atoms with Crippen LogP contribution in [0.1, 0.15) is 65.2 Å². The van der Waals surface area contributed by atoms with Crippen molar-refractivity contribution in [3.63, 3.8) is 0 Å². The first-order valence-corrected chi connectivity index (χ1v) is 8.14. The summed E-state index contributed by atoms with van der Waals surface area (Å²) in [6.07, 6.45) is 9.23. The Morgan fingerprint density at radius 1 is 1.32 bits per heavy atom. The molecular weight excluding hydrogens is 236 g/mol. The van der Waals surface area contributed by atoms with Gasteiger partial charge in [-0.2, -0.15) is 0 Å². The van der Waals surface area contributed by atoms with Gasteiger partial charge >= 0.3 is 0 Å². The molecule has 2 saturated heterocycles. The fraction of sp³-hybridized carbons (Fsp3) is 0.938. The molecule has 3 heteroatoms. The van der Waals surface area contributed by atoms with Gasteiger partial charge in [-0.25, -0.2) is 0 Å². The Hall–Kier alpha value is -0.570. The fourth-order valence-corrected chi connectivity index (χ4v) is 3.28. The van der Waals surface area contributed by atoms with Gasteiger partial charge in [-0.1, -0.05) is 26.7 Å². The van der Waals surface area contributed by atoms with Crippen molar-refractivity contribution in [2.24, 2.45) is 5.41 Å². The Morgan fingerprint density at radius 2 is 2.05 bits per heavy atom. The summed E-state index contributed by atoms with van der Waals surface area (Å²) in [7, 11) is 0. The molecule has 3 nitrogen and oxygen atoms in total. The summed E-state index contributed by atoms with van der Waals surface area (Å²) < 4.78 is 0. The summed E-state index contributed by atoms with van der Waals surface area (Å²) in [4.78, 5) is 14.3. The van der Waals surface area contributed by atoms with Gasteiger partial charge in [0.1, 0.15) is 0 Å². The zero-order valence-electron chi connectivity index (χ0n) is 12.7. The highest BCUT2D eigenvalue weighted by atomic mass is 16.2. The number of amides is 1. The molecule has 1 amide bonds. The van der Waals surface area contributed by atoms with Crippen molar-refractivity contribution < 1.29 is 4.79 Å². The molecule has 19 heavy (non-hydrogen) atoms. The summed E-state index contributed by atoms with van der Waals surface area (Å²) in [6, 6.07) is 0.586. The number of likely N-dealkylation sites (tertiary alicyclic amines) is 1. The zero-order valence-corrected chi connectivity index (χ0v) is 12.7. The SMILES string of the molecule is CCC1(C)CCN(C(=O)CCC2CCCCN2)CC1. The van der Waals surface area contributed by atoms with Crippen LogP contribution in [0.15, 0.2) is 0 Å². The topological polar surface area (TPSA) is 32.3 Å². The predicted octanol–water partition coefficient (Wildman–Crippen LogP) is 2.95. The second-order valence-electron chi connectivity index (χ2n) is 6.73. The largest absolute Gasteiger partial charge is 0.343 e. The first kappa shape index (κ1) is 14.8. The van der Waals surface area contributed by atoms with Gasteiger partial charge in [0.15, 0.2) is 0 Å². The molecule has 2 rings (SSSR count). The van der Waals surface area contributed by atoms with E-state index in [2.05, 4.69) is 24.1 Å². The fourth-order valence-electron chi connectivity index (χ4n) is 3.28. The number of rotatable bonds is 4. The standard InChI is InChI=1S/C16H30N2O/c1-3-16(2)9-12-18(13-10-16)15(19)8-7-14-6-4-5-11-17-14/h14,17H,3-13H2,1-2H3. The normalized spacial score (nSPS) is 27.3. The molecule has 0 saturated carbocycles. The van der Waals surface area contributed by atoms with Crippen molar-refractivity contribution in [2.75, 3.05) is 19.6 Å². The lowest BCUT2D eigenvalue weighted by Crippen LogP contribution is -2.42. The van der Waals surface area contributed by atoms with E-state index in [1.165, 1.54) is 38.5 Å². The number of hydrogen-bond acceptors (Lipinski definition) is 2. The maximum Gasteiger partial charge on any atom is 0.222 e. The van der Waals surface area contributed by atoms with Crippen LogP contribution in [-0.4, -0.2) is 36.5 Å². The van der Waals surface area contributed by atoms with Gasteiger partial charge in [0, 0.05) is 25.6 Å². The third kappa shape index (κ3) is 4.20. The van der Waals surface area contributed by atoms with Crippen molar-refractivity contribution in [3.05, 3.63) is 0 Å². The third-order valence-corrected chi connectivity index (χ3v) is 5.30. The zero-order chi connectivity index (χ0) is 13.7. The molecule has 0 spiro atoms. The minimum absolute atomic E-state index is 0.380. The number of carbonyl (C=O) groups excluding carboxylic acids is 1. The lowest BCUT2D eigenvalue weighted by atomic mass is 9.78. The van der Waals surface area contributed by atoms with Crippen LogP contribution in [-0.2, 0) is 4.79 Å². The Kier molecular flexibility index (Phi) is 5.26. The van der Waals surface area contributed by atoms with Gasteiger partial charge in [-0.15, -0.1) is 0 Å². The molecule has 0 aromatic heterocycles. The van der Waals surface area contributed by atoms with Crippen molar-refractivity contribution in [3.8, 4) is 0 Å². The smallest absolute Gasteiger partial charge is 0.222 e. The minimum atomic E-state index is 0.380. The average molecular weight is 266 g/mol. The third-order valence-electron chi connectivity index (χ3n) is 5.30. The van der Waals surface area contributed by atoms with Crippen molar-refractivity contribution in [2.45, 2.75) is 71.3 Å². The maximum absolute atomic E-state index is 12.2. The molecule has 0 radical (unpaired) electrons. The van der Waals surface area contributed by atoms with Crippen LogP contribution in [0, 0.1) is 5.41 Å². The van der Waals surface area contributed by atoms with Gasteiger partial charge < -0.3 is 10.2 Å². The molecule has 2 aliphatic rings. The van der Waals surface area contributed by atoms with Gasteiger partial charge in [0.25, 0.3) is 0 Å². The molecule has 2 fully saturated rings. The molecule has 0 bridgehead atoms. The maximum atomic E-state index is 12.2. The van der Waals surface area contributed by atoms with E-state index < -0.39 is 0 Å². The first-order valence-electron chi connectivity index (χ1n) is 8.14. The lowest BCUT2D eigenvalue weighted by molar-refractivity contribution is -0.133. The molecule has 2 heterocycles. The van der Waals surface area contributed by atoms with Crippen LogP contribution in [0.25, 0.3) is 0 Å². The molecule has 2 aliphatic heterocycles. The quantitative estimate of drug-likeness (QED) is 0.848. The second-order valence-corrected chi connectivity index (χ2v) is 6.73. The molecule has 110 valence electrons. The van der Waals surface area contributed by atoms with Crippen molar-refractivity contribution >= 4 is 5.91 Å². The Bertz CT molecular complexity index is 289. The minimum Gasteiger partial charge on any atom is -0.343 e. The number of nitrogens with zero attached hydrogens (tertiary/aromatic N) is 1. The summed E-state index contributed by atoms with van der Waals surface area (Å²) in [5, 5.41) is 3.53. The van der Waals surface area contributed by atoms with E-state index in [4.69, 9.17) is 0 Å². The van der Waals surface area contributed by atoms with Gasteiger partial charge in [-0.3, -0.25) is 4.79 Å². The van der Waals surface area contributed by atoms with E-state index in [-0.39, 0.29) is 0 Å². The Labute approximate surface area is 118 Å². The van der Waals surface area contributed by atoms with Crippen molar-refractivity contribution in [1.82, 2.24) is 10.2 Å². The van der Waals surface area contributed by atoms with Gasteiger partial charge in [0.05, 0.1) is 0 Å². The lowest BCUT2D eigenvalue weighted by Gasteiger charge is -2.39. The van der Waals surface area contributed by atoms with E-state index in [0.717, 1.165) is 32.5 Å². The highest BCUT2D eigenvalue weighted by Crippen LogP contribution is 2.34. The summed E-state index contributed by atoms with van der Waals surface area (Å²) in [6.45, 7) is 7.72.